The Kier molecular flexibility index (Phi) is 5.61. The number of aryl methyl sites for hydroxylation is 2. The number of oxazole rings is 1. The lowest BCUT2D eigenvalue weighted by Crippen LogP contribution is -2.19. The Hall–Kier alpha value is -5.00. The Bertz CT molecular complexity index is 1910. The molecule has 4 aromatic heterocycles. The number of nitrogen functional groups attached to an aromatic ring is 1. The van der Waals surface area contributed by atoms with Gasteiger partial charge < -0.3 is 15.5 Å². The number of benzene rings is 2. The smallest absolute Gasteiger partial charge is 0.423 e. The van der Waals surface area contributed by atoms with E-state index in [1.165, 1.54) is 6.33 Å². The van der Waals surface area contributed by atoms with E-state index in [-0.39, 0.29) is 12.0 Å². The van der Waals surface area contributed by atoms with E-state index in [2.05, 4.69) is 36.5 Å². The van der Waals surface area contributed by atoms with Crippen molar-refractivity contribution in [2.45, 2.75) is 51.5 Å². The van der Waals surface area contributed by atoms with Crippen molar-refractivity contribution >= 4 is 39.7 Å². The number of rotatable bonds is 5. The van der Waals surface area contributed by atoms with E-state index in [0.717, 1.165) is 70.2 Å². The molecule has 4 N–H and O–H groups in total. The fourth-order valence-corrected chi connectivity index (χ4v) is 5.73. The summed E-state index contributed by atoms with van der Waals surface area (Å²) < 4.78 is 12.6. The quantitative estimate of drug-likeness (QED) is 0.267. The van der Waals surface area contributed by atoms with Crippen molar-refractivity contribution < 1.29 is 8.94 Å². The molecule has 1 aliphatic carbocycles. The van der Waals surface area contributed by atoms with Crippen molar-refractivity contribution in [2.75, 3.05) is 11.1 Å². The van der Waals surface area contributed by atoms with Crippen molar-refractivity contribution in [1.29, 1.82) is 0 Å². The topological polar surface area (TPSA) is 167 Å². The normalized spacial score (nSPS) is 17.6. The highest BCUT2D eigenvalue weighted by Crippen LogP contribution is 2.40. The molecule has 2 aromatic carbocycles. The maximum Gasteiger partial charge on any atom is 0.438 e. The lowest BCUT2D eigenvalue weighted by molar-refractivity contribution is 0.296. The number of hydrogen-bond donors (Lipinski definition) is 3. The van der Waals surface area contributed by atoms with Gasteiger partial charge in [0.2, 0.25) is 0 Å². The summed E-state index contributed by atoms with van der Waals surface area (Å²) in [5, 5.41) is 12.9. The van der Waals surface area contributed by atoms with Crippen LogP contribution in [0.4, 0.5) is 17.5 Å². The average Bonchev–Trinajstić information content (AvgIpc) is 3.67. The first-order chi connectivity index (χ1) is 19.4. The standard InChI is InChI=1S/C28H27N9O3/c1-14-11-15(2)23-20(12-14)33-27(39-23)32-18-7-3-16(4-8-18)22-21-24(29)30-13-31-26(21)37(35-22)19-9-5-17(6-10-19)25-34-28(38)40-36-25/h3-4,7-8,11-13,17,19H,5-6,9-10H2,1-2H3,(H,32,33)(H2,29,30,31)(H,34,36,38)/t17-,19-. The molecule has 1 fully saturated rings. The highest BCUT2D eigenvalue weighted by Gasteiger charge is 2.29. The Morgan fingerprint density at radius 3 is 2.62 bits per heavy atom. The van der Waals surface area contributed by atoms with Crippen LogP contribution in [0.25, 0.3) is 33.4 Å². The molecule has 1 aliphatic rings. The molecule has 0 bridgehead atoms. The molecule has 0 aliphatic heterocycles. The number of fused-ring (bicyclic) bond motifs is 2. The van der Waals surface area contributed by atoms with E-state index in [1.807, 2.05) is 48.9 Å². The fraction of sp³-hybridized carbons (Fsp3) is 0.286. The van der Waals surface area contributed by atoms with Crippen molar-refractivity contribution in [2.24, 2.45) is 0 Å². The number of nitrogens with zero attached hydrogens (tertiary/aromatic N) is 6. The Morgan fingerprint density at radius 1 is 1.07 bits per heavy atom. The van der Waals surface area contributed by atoms with E-state index in [9.17, 15) is 4.79 Å². The fourth-order valence-electron chi connectivity index (χ4n) is 5.73. The van der Waals surface area contributed by atoms with Gasteiger partial charge in [0.25, 0.3) is 6.01 Å². The molecule has 40 heavy (non-hydrogen) atoms. The van der Waals surface area contributed by atoms with Crippen LogP contribution in [0.1, 0.15) is 54.6 Å². The summed E-state index contributed by atoms with van der Waals surface area (Å²) in [6.45, 7) is 4.06. The highest BCUT2D eigenvalue weighted by atomic mass is 16.5. The summed E-state index contributed by atoms with van der Waals surface area (Å²) in [5.41, 5.74) is 13.3. The minimum absolute atomic E-state index is 0.132. The zero-order valence-corrected chi connectivity index (χ0v) is 22.0. The van der Waals surface area contributed by atoms with Crippen molar-refractivity contribution in [3.63, 3.8) is 0 Å². The van der Waals surface area contributed by atoms with E-state index < -0.39 is 5.76 Å². The second kappa shape index (κ2) is 9.33. The first-order valence-electron chi connectivity index (χ1n) is 13.2. The number of anilines is 3. The summed E-state index contributed by atoms with van der Waals surface area (Å²) in [7, 11) is 0. The van der Waals surface area contributed by atoms with Crippen molar-refractivity contribution in [1.82, 2.24) is 34.9 Å². The van der Waals surface area contributed by atoms with Gasteiger partial charge in [0.05, 0.1) is 11.4 Å². The van der Waals surface area contributed by atoms with Crippen LogP contribution in [0.3, 0.4) is 0 Å². The molecular weight excluding hydrogens is 510 g/mol. The number of H-pyrrole nitrogens is 1. The average molecular weight is 538 g/mol. The van der Waals surface area contributed by atoms with Gasteiger partial charge in [-0.25, -0.2) is 19.4 Å². The van der Waals surface area contributed by atoms with E-state index in [1.54, 1.807) is 0 Å². The van der Waals surface area contributed by atoms with Crippen LogP contribution in [0.5, 0.6) is 0 Å². The maximum absolute atomic E-state index is 11.4. The summed E-state index contributed by atoms with van der Waals surface area (Å²) in [5.74, 6) is 0.627. The molecule has 12 heteroatoms. The van der Waals surface area contributed by atoms with Gasteiger partial charge >= 0.3 is 5.76 Å². The van der Waals surface area contributed by atoms with Crippen LogP contribution in [0, 0.1) is 13.8 Å². The van der Waals surface area contributed by atoms with Gasteiger partial charge in [-0.3, -0.25) is 9.51 Å². The van der Waals surface area contributed by atoms with Gasteiger partial charge in [-0.1, -0.05) is 23.4 Å². The van der Waals surface area contributed by atoms with E-state index in [4.69, 9.17) is 19.8 Å². The molecule has 0 radical (unpaired) electrons. The Morgan fingerprint density at radius 2 is 1.88 bits per heavy atom. The number of aromatic nitrogens is 7. The number of hydrogen-bond acceptors (Lipinski definition) is 10. The molecule has 6 aromatic rings. The molecule has 7 rings (SSSR count). The van der Waals surface area contributed by atoms with Crippen molar-refractivity contribution in [3.05, 3.63) is 70.2 Å². The van der Waals surface area contributed by atoms with Gasteiger partial charge in [-0.15, -0.1) is 0 Å². The molecular formula is C28H27N9O3. The molecule has 0 unspecified atom stereocenters. The van der Waals surface area contributed by atoms with E-state index in [0.29, 0.717) is 23.3 Å². The molecule has 0 atom stereocenters. The number of aromatic amines is 1. The van der Waals surface area contributed by atoms with Crippen LogP contribution in [-0.4, -0.2) is 34.9 Å². The monoisotopic (exact) mass is 537 g/mol. The van der Waals surface area contributed by atoms with Crippen LogP contribution >= 0.6 is 0 Å². The lowest BCUT2D eigenvalue weighted by Gasteiger charge is -2.27. The van der Waals surface area contributed by atoms with Crippen LogP contribution in [-0.2, 0) is 0 Å². The lowest BCUT2D eigenvalue weighted by atomic mass is 9.85. The van der Waals surface area contributed by atoms with Gasteiger partial charge in [0, 0.05) is 17.2 Å². The molecule has 0 spiro atoms. The summed E-state index contributed by atoms with van der Waals surface area (Å²) in [6, 6.07) is 12.5. The number of nitrogens with two attached hydrogens (primary N) is 1. The minimum Gasteiger partial charge on any atom is -0.423 e. The van der Waals surface area contributed by atoms with Crippen LogP contribution < -0.4 is 16.8 Å². The second-order valence-electron chi connectivity index (χ2n) is 10.4. The zero-order chi connectivity index (χ0) is 27.4. The van der Waals surface area contributed by atoms with E-state index >= 15 is 0 Å². The maximum atomic E-state index is 11.4. The van der Waals surface area contributed by atoms with Crippen LogP contribution in [0.15, 0.2) is 56.5 Å². The van der Waals surface area contributed by atoms with Crippen LogP contribution in [0.2, 0.25) is 0 Å². The zero-order valence-electron chi connectivity index (χ0n) is 22.0. The molecule has 0 amide bonds. The first kappa shape index (κ1) is 24.1. The third-order valence-electron chi connectivity index (χ3n) is 7.63. The summed E-state index contributed by atoms with van der Waals surface area (Å²) in [4.78, 5) is 27.4. The predicted octanol–water partition coefficient (Wildman–Crippen LogP) is 5.15. The molecule has 0 saturated heterocycles. The third kappa shape index (κ3) is 4.17. The molecule has 12 nitrogen and oxygen atoms in total. The Balaban J connectivity index is 1.16. The highest BCUT2D eigenvalue weighted by molar-refractivity contribution is 5.98. The third-order valence-corrected chi connectivity index (χ3v) is 7.63. The first-order valence-corrected chi connectivity index (χ1v) is 13.2. The second-order valence-corrected chi connectivity index (χ2v) is 10.4. The number of nitrogens with one attached hydrogen (secondary N) is 2. The van der Waals surface area contributed by atoms with Gasteiger partial charge in [0.1, 0.15) is 23.4 Å². The minimum atomic E-state index is -0.521. The van der Waals surface area contributed by atoms with Crippen molar-refractivity contribution in [3.8, 4) is 11.3 Å². The SMILES string of the molecule is Cc1cc(C)c2oc(Nc3ccc(-c4nn([C@H]5CC[C@H](c6noc(=O)[nH]6)CC5)c5ncnc(N)c45)cc3)nc2c1. The largest absolute Gasteiger partial charge is 0.438 e. The summed E-state index contributed by atoms with van der Waals surface area (Å²) >= 11 is 0. The predicted molar refractivity (Wildman–Crippen MR) is 149 cm³/mol. The van der Waals surface area contributed by atoms with Gasteiger partial charge in [-0.05, 0) is 68.9 Å². The Labute approximate surface area is 227 Å². The summed E-state index contributed by atoms with van der Waals surface area (Å²) in [6.07, 6.45) is 4.87. The van der Waals surface area contributed by atoms with Gasteiger partial charge in [0.15, 0.2) is 17.1 Å². The molecule has 1 saturated carbocycles. The molecule has 4 heterocycles. The van der Waals surface area contributed by atoms with Gasteiger partial charge in [-0.2, -0.15) is 10.1 Å². The molecule has 202 valence electrons.